The molecule has 0 radical (unpaired) electrons. The van der Waals surface area contributed by atoms with E-state index >= 15 is 0 Å². The summed E-state index contributed by atoms with van der Waals surface area (Å²) in [6.07, 6.45) is 1.02. The van der Waals surface area contributed by atoms with Gasteiger partial charge >= 0.3 is 0 Å². The first-order chi connectivity index (χ1) is 16.9. The lowest BCUT2D eigenvalue weighted by Gasteiger charge is -2.29. The Kier molecular flexibility index (Phi) is 7.31. The zero-order valence-electron chi connectivity index (χ0n) is 19.4. The highest BCUT2D eigenvalue weighted by atomic mass is 31.1. The number of aryl methyl sites for hydroxylation is 1. The van der Waals surface area contributed by atoms with Crippen molar-refractivity contribution in [2.24, 2.45) is 0 Å². The zero-order chi connectivity index (χ0) is 23.2. The van der Waals surface area contributed by atoms with Gasteiger partial charge in [-0.05, 0) is 59.7 Å². The summed E-state index contributed by atoms with van der Waals surface area (Å²) in [6, 6.07) is 51.3. The number of hydrogen-bond acceptors (Lipinski definition) is 0. The van der Waals surface area contributed by atoms with E-state index in [1.54, 1.807) is 0 Å². The van der Waals surface area contributed by atoms with Gasteiger partial charge in [0, 0.05) is 0 Å². The first-order valence-corrected chi connectivity index (χ1v) is 14.5. The van der Waals surface area contributed by atoms with Gasteiger partial charge < -0.3 is 0 Å². The molecule has 0 amide bonds. The fraction of sp³-hybridized carbons (Fsp3) is 0.0625. The minimum Gasteiger partial charge on any atom is -0.0622 e. The first-order valence-electron chi connectivity index (χ1n) is 11.8. The summed E-state index contributed by atoms with van der Waals surface area (Å²) in [4.78, 5) is 0. The van der Waals surface area contributed by atoms with Crippen molar-refractivity contribution in [1.29, 1.82) is 0 Å². The minimum atomic E-state index is -0.690. The van der Waals surface area contributed by atoms with Crippen LogP contribution in [0.5, 0.6) is 0 Å². The van der Waals surface area contributed by atoms with Crippen LogP contribution in [-0.2, 0) is 6.42 Å². The smallest absolute Gasteiger partial charge is 0.00356 e. The third-order valence-corrected chi connectivity index (χ3v) is 11.3. The molecule has 2 heteroatoms. The Bertz CT molecular complexity index is 1240. The van der Waals surface area contributed by atoms with Crippen molar-refractivity contribution in [3.63, 3.8) is 0 Å². The molecule has 0 N–H and O–H groups in total. The van der Waals surface area contributed by atoms with Gasteiger partial charge in [-0.2, -0.15) is 0 Å². The van der Waals surface area contributed by atoms with E-state index < -0.39 is 15.8 Å². The van der Waals surface area contributed by atoms with Crippen molar-refractivity contribution in [2.75, 3.05) is 0 Å². The van der Waals surface area contributed by atoms with Gasteiger partial charge in [-0.25, -0.2) is 0 Å². The third-order valence-electron chi connectivity index (χ3n) is 6.00. The van der Waals surface area contributed by atoms with E-state index in [2.05, 4.69) is 146 Å². The van der Waals surface area contributed by atoms with Gasteiger partial charge in [0.05, 0.1) is 0 Å². The molecule has 34 heavy (non-hydrogen) atoms. The highest BCUT2D eigenvalue weighted by molar-refractivity contribution is 7.85. The van der Waals surface area contributed by atoms with Gasteiger partial charge in [-0.1, -0.05) is 146 Å². The standard InChI is InChI=1S/C32H28P2/c1-2-26-16-15-25-31(33(27-17-7-3-8-18-27)28-19-9-4-10-20-28)32(26)34(29-21-11-5-12-22-29)30-23-13-6-14-24-30/h3-25H,2H2,1H3. The lowest BCUT2D eigenvalue weighted by Crippen LogP contribution is -2.36. The molecule has 166 valence electrons. The molecule has 0 unspecified atom stereocenters. The predicted octanol–water partition coefficient (Wildman–Crippen LogP) is 5.77. The average molecular weight is 475 g/mol. The van der Waals surface area contributed by atoms with Crippen molar-refractivity contribution in [1.82, 2.24) is 0 Å². The molecule has 0 atom stereocenters. The van der Waals surface area contributed by atoms with Gasteiger partial charge in [0.2, 0.25) is 0 Å². The van der Waals surface area contributed by atoms with E-state index in [1.807, 2.05) is 0 Å². The summed E-state index contributed by atoms with van der Waals surface area (Å²) >= 11 is 0. The third kappa shape index (κ3) is 4.76. The molecule has 0 spiro atoms. The topological polar surface area (TPSA) is 0 Å². The van der Waals surface area contributed by atoms with E-state index in [-0.39, 0.29) is 0 Å². The first kappa shape index (κ1) is 22.7. The summed E-state index contributed by atoms with van der Waals surface area (Å²) in [5, 5.41) is 8.61. The van der Waals surface area contributed by atoms with E-state index in [0.717, 1.165) is 6.42 Å². The van der Waals surface area contributed by atoms with Crippen LogP contribution in [0.2, 0.25) is 0 Å². The van der Waals surface area contributed by atoms with Crippen molar-refractivity contribution < 1.29 is 0 Å². The zero-order valence-corrected chi connectivity index (χ0v) is 21.2. The lowest BCUT2D eigenvalue weighted by atomic mass is 10.2. The molecule has 5 rings (SSSR count). The Hall–Kier alpha value is -3.04. The number of rotatable bonds is 7. The van der Waals surface area contributed by atoms with E-state index in [1.165, 1.54) is 37.4 Å². The minimum absolute atomic E-state index is 0.686. The molecule has 0 saturated carbocycles. The van der Waals surface area contributed by atoms with Gasteiger partial charge in [0.1, 0.15) is 0 Å². The van der Waals surface area contributed by atoms with Crippen molar-refractivity contribution in [3.8, 4) is 0 Å². The second kappa shape index (κ2) is 10.9. The van der Waals surface area contributed by atoms with Crippen LogP contribution in [0.15, 0.2) is 140 Å². The highest BCUT2D eigenvalue weighted by Crippen LogP contribution is 2.40. The van der Waals surface area contributed by atoms with Gasteiger partial charge in [0.15, 0.2) is 0 Å². The largest absolute Gasteiger partial charge is 0.0622 e. The quantitative estimate of drug-likeness (QED) is 0.263. The highest BCUT2D eigenvalue weighted by Gasteiger charge is 2.27. The molecule has 0 saturated heterocycles. The Morgan fingerprint density at radius 2 is 0.794 bits per heavy atom. The SMILES string of the molecule is CCc1cccc(P(c2ccccc2)c2ccccc2)c1P(c1ccccc1)c1ccccc1. The molecule has 0 bridgehead atoms. The van der Waals surface area contributed by atoms with Crippen LogP contribution in [0.1, 0.15) is 12.5 Å². The van der Waals surface area contributed by atoms with Crippen LogP contribution in [-0.4, -0.2) is 0 Å². The van der Waals surface area contributed by atoms with Crippen LogP contribution in [0.3, 0.4) is 0 Å². The average Bonchev–Trinajstić information content (AvgIpc) is 2.92. The molecule has 0 aliphatic heterocycles. The van der Waals surface area contributed by atoms with Crippen molar-refractivity contribution >= 4 is 47.7 Å². The van der Waals surface area contributed by atoms with Gasteiger partial charge in [0.25, 0.3) is 0 Å². The molecule has 0 nitrogen and oxygen atoms in total. The Morgan fingerprint density at radius 3 is 1.18 bits per heavy atom. The normalized spacial score (nSPS) is 11.1. The van der Waals surface area contributed by atoms with Gasteiger partial charge in [-0.3, -0.25) is 0 Å². The van der Waals surface area contributed by atoms with E-state index in [0.29, 0.717) is 0 Å². The molecule has 0 fully saturated rings. The summed E-state index contributed by atoms with van der Waals surface area (Å²) in [5.41, 5.74) is 1.45. The van der Waals surface area contributed by atoms with Crippen LogP contribution < -0.4 is 31.8 Å². The molecule has 5 aromatic rings. The fourth-order valence-corrected chi connectivity index (χ4v) is 10.0. The molecule has 0 heterocycles. The van der Waals surface area contributed by atoms with E-state index in [4.69, 9.17) is 0 Å². The monoisotopic (exact) mass is 474 g/mol. The molecular formula is C32H28P2. The molecular weight excluding hydrogens is 446 g/mol. The number of benzene rings is 5. The van der Waals surface area contributed by atoms with Gasteiger partial charge in [-0.15, -0.1) is 0 Å². The predicted molar refractivity (Wildman–Crippen MR) is 153 cm³/mol. The Morgan fingerprint density at radius 1 is 0.412 bits per heavy atom. The van der Waals surface area contributed by atoms with Crippen LogP contribution >= 0.6 is 15.8 Å². The van der Waals surface area contributed by atoms with Crippen molar-refractivity contribution in [2.45, 2.75) is 13.3 Å². The van der Waals surface area contributed by atoms with Crippen LogP contribution in [0, 0.1) is 0 Å². The second-order valence-electron chi connectivity index (χ2n) is 8.15. The van der Waals surface area contributed by atoms with E-state index in [9.17, 15) is 0 Å². The van der Waals surface area contributed by atoms with Crippen molar-refractivity contribution in [3.05, 3.63) is 145 Å². The summed E-state index contributed by atoms with van der Waals surface area (Å²) in [5.74, 6) is 0. The number of hydrogen-bond donors (Lipinski definition) is 0. The van der Waals surface area contributed by atoms with Crippen LogP contribution in [0.25, 0.3) is 0 Å². The molecule has 0 aromatic heterocycles. The molecule has 0 aliphatic carbocycles. The molecule has 5 aromatic carbocycles. The summed E-state index contributed by atoms with van der Waals surface area (Å²) < 4.78 is 0. The Balaban J connectivity index is 1.81. The Labute approximate surface area is 205 Å². The fourth-order valence-electron chi connectivity index (χ4n) is 4.44. The maximum atomic E-state index is 2.39. The maximum absolute atomic E-state index is 2.39. The van der Waals surface area contributed by atoms with Crippen LogP contribution in [0.4, 0.5) is 0 Å². The summed E-state index contributed by atoms with van der Waals surface area (Å²) in [7, 11) is -1.38. The lowest BCUT2D eigenvalue weighted by molar-refractivity contribution is 1.16. The maximum Gasteiger partial charge on any atom is -0.00356 e. The second-order valence-corrected chi connectivity index (χ2v) is 12.5. The molecule has 0 aliphatic rings. The summed E-state index contributed by atoms with van der Waals surface area (Å²) in [6.45, 7) is 2.29.